The van der Waals surface area contributed by atoms with Crippen molar-refractivity contribution in [3.05, 3.63) is 63.3 Å². The lowest BCUT2D eigenvalue weighted by molar-refractivity contribution is 0.288. The number of halogens is 3. The number of rotatable bonds is 4. The molecule has 1 atom stereocenters. The Morgan fingerprint density at radius 2 is 2.05 bits per heavy atom. The zero-order chi connectivity index (χ0) is 13.8. The van der Waals surface area contributed by atoms with Crippen LogP contribution < -0.4 is 10.5 Å². The van der Waals surface area contributed by atoms with Gasteiger partial charge >= 0.3 is 0 Å². The maximum atomic E-state index is 13.6. The maximum Gasteiger partial charge on any atom is 0.128 e. The van der Waals surface area contributed by atoms with Gasteiger partial charge in [-0.1, -0.05) is 33.6 Å². The first-order chi connectivity index (χ1) is 9.06. The molecule has 0 saturated heterocycles. The number of hydrogen-bond acceptors (Lipinski definition) is 2. The van der Waals surface area contributed by atoms with Crippen LogP contribution >= 0.6 is 27.5 Å². The molecular weight excluding hydrogens is 333 g/mol. The van der Waals surface area contributed by atoms with E-state index in [9.17, 15) is 4.39 Å². The molecule has 2 nitrogen and oxygen atoms in total. The second-order valence-electron chi connectivity index (χ2n) is 4.04. The van der Waals surface area contributed by atoms with E-state index in [1.807, 2.05) is 0 Å². The first kappa shape index (κ1) is 14.3. The highest BCUT2D eigenvalue weighted by molar-refractivity contribution is 9.10. The predicted molar refractivity (Wildman–Crippen MR) is 78.0 cm³/mol. The predicted octanol–water partition coefficient (Wildman–Crippen LogP) is 4.32. The third kappa shape index (κ3) is 3.93. The smallest absolute Gasteiger partial charge is 0.128 e. The van der Waals surface area contributed by atoms with Crippen LogP contribution in [0.3, 0.4) is 0 Å². The molecule has 0 spiro atoms. The van der Waals surface area contributed by atoms with Crippen LogP contribution in [0.15, 0.2) is 46.9 Å². The van der Waals surface area contributed by atoms with E-state index < -0.39 is 6.04 Å². The summed E-state index contributed by atoms with van der Waals surface area (Å²) in [5, 5.41) is 0.583. The first-order valence-electron chi connectivity index (χ1n) is 5.65. The minimum absolute atomic E-state index is 0.174. The fourth-order valence-corrected chi connectivity index (χ4v) is 2.19. The van der Waals surface area contributed by atoms with Gasteiger partial charge in [-0.2, -0.15) is 0 Å². The van der Waals surface area contributed by atoms with Crippen LogP contribution in [0.25, 0.3) is 0 Å². The van der Waals surface area contributed by atoms with Gasteiger partial charge in [0, 0.05) is 15.1 Å². The fraction of sp³-hybridized carbons (Fsp3) is 0.143. The quantitative estimate of drug-likeness (QED) is 0.896. The highest BCUT2D eigenvalue weighted by Gasteiger charge is 2.12. The monoisotopic (exact) mass is 343 g/mol. The van der Waals surface area contributed by atoms with Crippen molar-refractivity contribution in [1.29, 1.82) is 0 Å². The summed E-state index contributed by atoms with van der Waals surface area (Å²) in [5.74, 6) is 0.267. The standard InChI is InChI=1S/C14H12BrClFNO/c15-9-4-5-13(17)12(6-9)14(18)8-19-11-3-1-2-10(16)7-11/h1-7,14H,8,18H2. The summed E-state index contributed by atoms with van der Waals surface area (Å²) in [6.45, 7) is 0.174. The molecule has 0 aromatic heterocycles. The van der Waals surface area contributed by atoms with E-state index in [-0.39, 0.29) is 12.4 Å². The van der Waals surface area contributed by atoms with Crippen molar-refractivity contribution >= 4 is 27.5 Å². The molecule has 2 rings (SSSR count). The van der Waals surface area contributed by atoms with E-state index in [1.165, 1.54) is 6.07 Å². The Balaban J connectivity index is 2.05. The molecule has 0 radical (unpaired) electrons. The highest BCUT2D eigenvalue weighted by atomic mass is 79.9. The molecule has 0 fully saturated rings. The molecule has 0 aliphatic carbocycles. The average molecular weight is 345 g/mol. The minimum Gasteiger partial charge on any atom is -0.492 e. The summed E-state index contributed by atoms with van der Waals surface area (Å²) in [4.78, 5) is 0. The molecule has 2 N–H and O–H groups in total. The second kappa shape index (κ2) is 6.37. The van der Waals surface area contributed by atoms with Crippen LogP contribution in [0.2, 0.25) is 5.02 Å². The Labute approximate surface area is 124 Å². The molecule has 19 heavy (non-hydrogen) atoms. The largest absolute Gasteiger partial charge is 0.492 e. The van der Waals surface area contributed by atoms with Crippen LogP contribution in [-0.4, -0.2) is 6.61 Å². The van der Waals surface area contributed by atoms with Gasteiger partial charge in [-0.3, -0.25) is 0 Å². The Morgan fingerprint density at radius 1 is 1.26 bits per heavy atom. The third-order valence-corrected chi connectivity index (χ3v) is 3.31. The van der Waals surface area contributed by atoms with Gasteiger partial charge in [-0.05, 0) is 36.4 Å². The fourth-order valence-electron chi connectivity index (χ4n) is 1.63. The van der Waals surface area contributed by atoms with Crippen molar-refractivity contribution in [2.45, 2.75) is 6.04 Å². The molecule has 1 unspecified atom stereocenters. The summed E-state index contributed by atoms with van der Waals surface area (Å²) in [5.41, 5.74) is 6.35. The van der Waals surface area contributed by atoms with Gasteiger partial charge in [0.25, 0.3) is 0 Å². The summed E-state index contributed by atoms with van der Waals surface area (Å²) in [7, 11) is 0. The van der Waals surface area contributed by atoms with Crippen LogP contribution in [0, 0.1) is 5.82 Å². The van der Waals surface area contributed by atoms with Gasteiger partial charge in [0.05, 0.1) is 6.04 Å². The lowest BCUT2D eigenvalue weighted by Crippen LogP contribution is -2.20. The van der Waals surface area contributed by atoms with E-state index >= 15 is 0 Å². The molecule has 5 heteroatoms. The number of ether oxygens (including phenoxy) is 1. The summed E-state index contributed by atoms with van der Waals surface area (Å²) >= 11 is 9.14. The van der Waals surface area contributed by atoms with Gasteiger partial charge in [-0.25, -0.2) is 4.39 Å². The minimum atomic E-state index is -0.545. The Bertz CT molecular complexity index is 579. The highest BCUT2D eigenvalue weighted by Crippen LogP contribution is 2.22. The molecule has 0 amide bonds. The Morgan fingerprint density at radius 3 is 2.79 bits per heavy atom. The molecule has 2 aromatic carbocycles. The summed E-state index contributed by atoms with van der Waals surface area (Å²) < 4.78 is 19.9. The Hall–Kier alpha value is -1.10. The first-order valence-corrected chi connectivity index (χ1v) is 6.82. The van der Waals surface area contributed by atoms with E-state index in [0.29, 0.717) is 16.3 Å². The van der Waals surface area contributed by atoms with Crippen molar-refractivity contribution in [3.8, 4) is 5.75 Å². The number of hydrogen-bond donors (Lipinski definition) is 1. The third-order valence-electron chi connectivity index (χ3n) is 2.58. The van der Waals surface area contributed by atoms with Gasteiger partial charge in [0.1, 0.15) is 18.2 Å². The molecule has 0 heterocycles. The average Bonchev–Trinajstić information content (AvgIpc) is 2.39. The maximum absolute atomic E-state index is 13.6. The topological polar surface area (TPSA) is 35.2 Å². The number of benzene rings is 2. The molecule has 0 aliphatic heterocycles. The van der Waals surface area contributed by atoms with Gasteiger partial charge in [0.15, 0.2) is 0 Å². The second-order valence-corrected chi connectivity index (χ2v) is 5.39. The van der Waals surface area contributed by atoms with Gasteiger partial charge in [0.2, 0.25) is 0 Å². The molecule has 100 valence electrons. The van der Waals surface area contributed by atoms with Crippen LogP contribution in [0.1, 0.15) is 11.6 Å². The van der Waals surface area contributed by atoms with Gasteiger partial charge in [-0.15, -0.1) is 0 Å². The van der Waals surface area contributed by atoms with Crippen LogP contribution in [0.4, 0.5) is 4.39 Å². The lowest BCUT2D eigenvalue weighted by Gasteiger charge is -2.14. The number of nitrogens with two attached hydrogens (primary N) is 1. The van der Waals surface area contributed by atoms with E-state index in [4.69, 9.17) is 22.1 Å². The van der Waals surface area contributed by atoms with Crippen molar-refractivity contribution in [1.82, 2.24) is 0 Å². The van der Waals surface area contributed by atoms with E-state index in [1.54, 1.807) is 36.4 Å². The molecule has 0 bridgehead atoms. The van der Waals surface area contributed by atoms with E-state index in [0.717, 1.165) is 4.47 Å². The zero-order valence-electron chi connectivity index (χ0n) is 9.95. The van der Waals surface area contributed by atoms with Crippen molar-refractivity contribution in [2.75, 3.05) is 6.61 Å². The van der Waals surface area contributed by atoms with Crippen LogP contribution in [-0.2, 0) is 0 Å². The molecule has 0 saturated carbocycles. The zero-order valence-corrected chi connectivity index (χ0v) is 12.3. The summed E-state index contributed by atoms with van der Waals surface area (Å²) in [6.07, 6.45) is 0. The lowest BCUT2D eigenvalue weighted by atomic mass is 10.1. The molecule has 2 aromatic rings. The van der Waals surface area contributed by atoms with Crippen molar-refractivity contribution in [2.24, 2.45) is 5.73 Å². The van der Waals surface area contributed by atoms with Crippen molar-refractivity contribution < 1.29 is 9.13 Å². The van der Waals surface area contributed by atoms with E-state index in [2.05, 4.69) is 15.9 Å². The van der Waals surface area contributed by atoms with Crippen LogP contribution in [0.5, 0.6) is 5.75 Å². The summed E-state index contributed by atoms with van der Waals surface area (Å²) in [6, 6.07) is 11.1. The Kier molecular flexibility index (Phi) is 4.80. The SMILES string of the molecule is NC(COc1cccc(Cl)c1)c1cc(Br)ccc1F. The van der Waals surface area contributed by atoms with Gasteiger partial charge < -0.3 is 10.5 Å². The normalized spacial score (nSPS) is 12.2. The molecular formula is C14H12BrClFNO. The van der Waals surface area contributed by atoms with Crippen molar-refractivity contribution in [3.63, 3.8) is 0 Å². The molecule has 0 aliphatic rings.